The van der Waals surface area contributed by atoms with Gasteiger partial charge in [-0.05, 0) is 38.5 Å². The first-order valence-corrected chi connectivity index (χ1v) is 6.75. The highest BCUT2D eigenvalue weighted by molar-refractivity contribution is 5.69. The van der Waals surface area contributed by atoms with Crippen molar-refractivity contribution in [2.24, 2.45) is 0 Å². The number of rotatable bonds is 4. The second kappa shape index (κ2) is 5.89. The number of nitrogens with zero attached hydrogens (tertiary/aromatic N) is 1. The molecule has 2 heteroatoms. The van der Waals surface area contributed by atoms with Gasteiger partial charge in [0.25, 0.3) is 0 Å². The lowest BCUT2D eigenvalue weighted by atomic mass is 10.1. The molecule has 0 unspecified atom stereocenters. The van der Waals surface area contributed by atoms with Gasteiger partial charge in [-0.2, -0.15) is 0 Å². The summed E-state index contributed by atoms with van der Waals surface area (Å²) in [5, 5.41) is 9.94. The summed E-state index contributed by atoms with van der Waals surface area (Å²) in [5.41, 5.74) is 4.48. The molecular formula is C17H21NO. The van der Waals surface area contributed by atoms with Gasteiger partial charge in [-0.15, -0.1) is 0 Å². The van der Waals surface area contributed by atoms with Crippen molar-refractivity contribution in [1.29, 1.82) is 0 Å². The van der Waals surface area contributed by atoms with Crippen molar-refractivity contribution in [3.63, 3.8) is 0 Å². The van der Waals surface area contributed by atoms with E-state index < -0.39 is 6.10 Å². The lowest BCUT2D eigenvalue weighted by molar-refractivity contribution is 0.200. The summed E-state index contributed by atoms with van der Waals surface area (Å²) in [7, 11) is 0. The normalized spacial score (nSPS) is 12.2. The van der Waals surface area contributed by atoms with Gasteiger partial charge in [0.2, 0.25) is 0 Å². The Balaban J connectivity index is 2.52. The number of hydrogen-bond acceptors (Lipinski definition) is 2. The van der Waals surface area contributed by atoms with E-state index in [1.165, 1.54) is 11.3 Å². The largest absolute Gasteiger partial charge is 0.389 e. The Bertz CT molecular complexity index is 548. The van der Waals surface area contributed by atoms with Gasteiger partial charge in [0, 0.05) is 23.5 Å². The molecule has 0 amide bonds. The molecule has 2 rings (SSSR count). The van der Waals surface area contributed by atoms with E-state index in [2.05, 4.69) is 43.0 Å². The van der Waals surface area contributed by atoms with E-state index in [1.807, 2.05) is 31.2 Å². The molecule has 0 bridgehead atoms. The summed E-state index contributed by atoms with van der Waals surface area (Å²) in [6.45, 7) is 6.92. The minimum absolute atomic E-state index is 0.464. The van der Waals surface area contributed by atoms with Crippen molar-refractivity contribution < 1.29 is 5.11 Å². The van der Waals surface area contributed by atoms with Crippen molar-refractivity contribution in [2.75, 3.05) is 11.4 Å². The Hall–Kier alpha value is -1.80. The van der Waals surface area contributed by atoms with E-state index in [-0.39, 0.29) is 0 Å². The lowest BCUT2D eigenvalue weighted by Gasteiger charge is -2.28. The maximum atomic E-state index is 9.94. The molecule has 19 heavy (non-hydrogen) atoms. The Labute approximate surface area is 115 Å². The third-order valence-electron chi connectivity index (χ3n) is 3.40. The van der Waals surface area contributed by atoms with E-state index >= 15 is 0 Å². The minimum atomic E-state index is -0.464. The number of benzene rings is 2. The molecule has 0 spiro atoms. The van der Waals surface area contributed by atoms with E-state index in [0.29, 0.717) is 0 Å². The maximum Gasteiger partial charge on any atom is 0.0782 e. The van der Waals surface area contributed by atoms with Gasteiger partial charge < -0.3 is 10.0 Å². The molecule has 0 aliphatic rings. The van der Waals surface area contributed by atoms with E-state index in [9.17, 15) is 5.11 Å². The van der Waals surface area contributed by atoms with Crippen molar-refractivity contribution in [3.8, 4) is 0 Å². The van der Waals surface area contributed by atoms with Crippen molar-refractivity contribution in [3.05, 3.63) is 59.7 Å². The smallest absolute Gasteiger partial charge is 0.0782 e. The lowest BCUT2D eigenvalue weighted by Crippen LogP contribution is -2.19. The zero-order chi connectivity index (χ0) is 13.8. The molecule has 2 aromatic rings. The molecule has 0 radical (unpaired) electrons. The highest BCUT2D eigenvalue weighted by atomic mass is 16.3. The van der Waals surface area contributed by atoms with Gasteiger partial charge >= 0.3 is 0 Å². The Morgan fingerprint density at radius 3 is 2.16 bits per heavy atom. The highest BCUT2D eigenvalue weighted by Gasteiger charge is 2.15. The van der Waals surface area contributed by atoms with Crippen LogP contribution >= 0.6 is 0 Å². The minimum Gasteiger partial charge on any atom is -0.389 e. The van der Waals surface area contributed by atoms with E-state index in [1.54, 1.807) is 0 Å². The molecule has 1 atom stereocenters. The summed E-state index contributed by atoms with van der Waals surface area (Å²) in [4.78, 5) is 2.25. The maximum absolute atomic E-state index is 9.94. The summed E-state index contributed by atoms with van der Waals surface area (Å²) in [5.74, 6) is 0. The fraction of sp³-hybridized carbons (Fsp3) is 0.294. The predicted molar refractivity (Wildman–Crippen MR) is 80.9 cm³/mol. The molecule has 2 nitrogen and oxygen atoms in total. The third kappa shape index (κ3) is 2.79. The number of aliphatic hydroxyl groups is 1. The standard InChI is InChI=1S/C17H21NO/c1-4-18(16-11-7-5-9-13(16)2)17-12-8-6-10-15(17)14(3)19/h5-12,14,19H,4H2,1-3H3/t14-/m1/s1. The van der Waals surface area contributed by atoms with Gasteiger partial charge in [0.05, 0.1) is 6.10 Å². The molecule has 0 saturated heterocycles. The molecule has 0 aliphatic carbocycles. The zero-order valence-electron chi connectivity index (χ0n) is 11.8. The van der Waals surface area contributed by atoms with Crippen LogP contribution < -0.4 is 4.90 Å². The molecule has 0 aliphatic heterocycles. The van der Waals surface area contributed by atoms with Crippen LogP contribution in [0.1, 0.15) is 31.1 Å². The quantitative estimate of drug-likeness (QED) is 0.884. The number of hydrogen-bond donors (Lipinski definition) is 1. The van der Waals surface area contributed by atoms with Crippen LogP contribution in [0, 0.1) is 6.92 Å². The number of aryl methyl sites for hydroxylation is 1. The van der Waals surface area contributed by atoms with Crippen molar-refractivity contribution >= 4 is 11.4 Å². The second-order valence-corrected chi connectivity index (χ2v) is 4.77. The van der Waals surface area contributed by atoms with Crippen LogP contribution in [0.15, 0.2) is 48.5 Å². The number of para-hydroxylation sites is 2. The van der Waals surface area contributed by atoms with Crippen LogP contribution in [-0.4, -0.2) is 11.7 Å². The highest BCUT2D eigenvalue weighted by Crippen LogP contribution is 2.33. The molecule has 0 saturated carbocycles. The number of anilines is 2. The van der Waals surface area contributed by atoms with Gasteiger partial charge in [0.1, 0.15) is 0 Å². The summed E-state index contributed by atoms with van der Waals surface area (Å²) in [6, 6.07) is 16.4. The van der Waals surface area contributed by atoms with Gasteiger partial charge in [-0.3, -0.25) is 0 Å². The summed E-state index contributed by atoms with van der Waals surface area (Å²) < 4.78 is 0. The summed E-state index contributed by atoms with van der Waals surface area (Å²) in [6.07, 6.45) is -0.464. The predicted octanol–water partition coefficient (Wildman–Crippen LogP) is 4.21. The van der Waals surface area contributed by atoms with Crippen LogP contribution in [0.4, 0.5) is 11.4 Å². The fourth-order valence-electron chi connectivity index (χ4n) is 2.42. The second-order valence-electron chi connectivity index (χ2n) is 4.77. The molecule has 2 aromatic carbocycles. The van der Waals surface area contributed by atoms with Crippen LogP contribution in [-0.2, 0) is 0 Å². The Morgan fingerprint density at radius 1 is 1.00 bits per heavy atom. The van der Waals surface area contributed by atoms with Crippen molar-refractivity contribution in [2.45, 2.75) is 26.9 Å². The first-order valence-electron chi connectivity index (χ1n) is 6.75. The first kappa shape index (κ1) is 13.6. The van der Waals surface area contributed by atoms with Crippen molar-refractivity contribution in [1.82, 2.24) is 0 Å². The monoisotopic (exact) mass is 255 g/mol. The molecule has 100 valence electrons. The topological polar surface area (TPSA) is 23.5 Å². The van der Waals surface area contributed by atoms with Crippen LogP contribution in [0.5, 0.6) is 0 Å². The molecular weight excluding hydrogens is 234 g/mol. The third-order valence-corrected chi connectivity index (χ3v) is 3.40. The average Bonchev–Trinajstić information content (AvgIpc) is 2.42. The molecule has 1 N–H and O–H groups in total. The number of aliphatic hydroxyl groups excluding tert-OH is 1. The molecule has 0 aromatic heterocycles. The van der Waals surface area contributed by atoms with E-state index in [4.69, 9.17) is 0 Å². The zero-order valence-corrected chi connectivity index (χ0v) is 11.8. The van der Waals surface area contributed by atoms with Crippen LogP contribution in [0.2, 0.25) is 0 Å². The van der Waals surface area contributed by atoms with Gasteiger partial charge in [0.15, 0.2) is 0 Å². The Morgan fingerprint density at radius 2 is 1.58 bits per heavy atom. The Kier molecular flexibility index (Phi) is 4.23. The van der Waals surface area contributed by atoms with Crippen LogP contribution in [0.25, 0.3) is 0 Å². The molecule has 0 heterocycles. The fourth-order valence-corrected chi connectivity index (χ4v) is 2.42. The van der Waals surface area contributed by atoms with E-state index in [0.717, 1.165) is 17.8 Å². The van der Waals surface area contributed by atoms with Gasteiger partial charge in [-0.25, -0.2) is 0 Å². The SMILES string of the molecule is CCN(c1ccccc1C)c1ccccc1[C@@H](C)O. The average molecular weight is 255 g/mol. The molecule has 0 fully saturated rings. The van der Waals surface area contributed by atoms with Gasteiger partial charge in [-0.1, -0.05) is 36.4 Å². The van der Waals surface area contributed by atoms with Crippen LogP contribution in [0.3, 0.4) is 0 Å². The first-order chi connectivity index (χ1) is 9.15. The summed E-state index contributed by atoms with van der Waals surface area (Å²) >= 11 is 0.